The molecule has 0 aromatic heterocycles. The highest BCUT2D eigenvalue weighted by atomic mass is 16.5. The van der Waals surface area contributed by atoms with Crippen LogP contribution in [0.4, 0.5) is 4.79 Å². The van der Waals surface area contributed by atoms with E-state index in [2.05, 4.69) is 34.9 Å². The third-order valence-electron chi connectivity index (χ3n) is 6.73. The highest BCUT2D eigenvalue weighted by Gasteiger charge is 2.40. The van der Waals surface area contributed by atoms with Crippen molar-refractivity contribution in [3.05, 3.63) is 59.7 Å². The molecule has 4 rings (SSSR count). The summed E-state index contributed by atoms with van der Waals surface area (Å²) in [5.74, 6) is -1.29. The average Bonchev–Trinajstić information content (AvgIpc) is 3.15. The number of ether oxygens (including phenoxy) is 2. The Kier molecular flexibility index (Phi) is 7.17. The van der Waals surface area contributed by atoms with Crippen molar-refractivity contribution >= 4 is 18.0 Å². The van der Waals surface area contributed by atoms with Crippen LogP contribution in [0.3, 0.4) is 0 Å². The monoisotopic (exact) mass is 466 g/mol. The fraction of sp³-hybridized carbons (Fsp3) is 0.423. The molecule has 0 radical (unpaired) electrons. The Morgan fingerprint density at radius 3 is 2.24 bits per heavy atom. The van der Waals surface area contributed by atoms with Gasteiger partial charge in [0.05, 0.1) is 5.41 Å². The highest BCUT2D eigenvalue weighted by Crippen LogP contribution is 2.44. The molecule has 2 amide bonds. The molecule has 1 heterocycles. The molecule has 8 heteroatoms. The van der Waals surface area contributed by atoms with Gasteiger partial charge in [-0.3, -0.25) is 9.59 Å². The maximum Gasteiger partial charge on any atom is 0.407 e. The molecule has 1 aliphatic carbocycles. The average molecular weight is 467 g/mol. The van der Waals surface area contributed by atoms with E-state index in [4.69, 9.17) is 9.47 Å². The SMILES string of the molecule is C[C@@H](CC(=O)NCC1(C(=O)O)CCOCC1)NC(=O)OCC1c2ccccc2-c2ccccc21. The van der Waals surface area contributed by atoms with Crippen LogP contribution in [0.15, 0.2) is 48.5 Å². The van der Waals surface area contributed by atoms with Gasteiger partial charge in [0, 0.05) is 38.1 Å². The number of nitrogens with one attached hydrogen (secondary N) is 2. The molecule has 1 aliphatic heterocycles. The zero-order valence-corrected chi connectivity index (χ0v) is 19.2. The van der Waals surface area contributed by atoms with Crippen molar-refractivity contribution in [2.45, 2.75) is 38.1 Å². The second kappa shape index (κ2) is 10.3. The van der Waals surface area contributed by atoms with Gasteiger partial charge in [-0.05, 0) is 42.0 Å². The van der Waals surface area contributed by atoms with Gasteiger partial charge in [0.15, 0.2) is 0 Å². The van der Waals surface area contributed by atoms with Crippen LogP contribution in [0.25, 0.3) is 11.1 Å². The molecule has 2 aromatic carbocycles. The molecule has 2 aromatic rings. The van der Waals surface area contributed by atoms with E-state index in [1.165, 1.54) is 0 Å². The number of hydrogen-bond donors (Lipinski definition) is 3. The summed E-state index contributed by atoms with van der Waals surface area (Å²) < 4.78 is 10.8. The third kappa shape index (κ3) is 5.07. The van der Waals surface area contributed by atoms with Crippen LogP contribution >= 0.6 is 0 Å². The van der Waals surface area contributed by atoms with Crippen molar-refractivity contribution < 1.29 is 29.0 Å². The predicted molar refractivity (Wildman–Crippen MR) is 125 cm³/mol. The lowest BCUT2D eigenvalue weighted by molar-refractivity contribution is -0.154. The van der Waals surface area contributed by atoms with Gasteiger partial charge >= 0.3 is 12.1 Å². The molecule has 180 valence electrons. The van der Waals surface area contributed by atoms with E-state index in [1.54, 1.807) is 6.92 Å². The molecule has 1 atom stereocenters. The number of aliphatic carboxylic acids is 1. The topological polar surface area (TPSA) is 114 Å². The molecule has 34 heavy (non-hydrogen) atoms. The number of amides is 2. The second-order valence-corrected chi connectivity index (χ2v) is 9.05. The Morgan fingerprint density at radius 1 is 1.06 bits per heavy atom. The van der Waals surface area contributed by atoms with E-state index in [0.717, 1.165) is 22.3 Å². The minimum Gasteiger partial charge on any atom is -0.481 e. The first kappa shape index (κ1) is 23.8. The van der Waals surface area contributed by atoms with E-state index in [9.17, 15) is 19.5 Å². The lowest BCUT2D eigenvalue weighted by Gasteiger charge is -2.33. The third-order valence-corrected chi connectivity index (χ3v) is 6.73. The van der Waals surface area contributed by atoms with Crippen LogP contribution in [0.2, 0.25) is 0 Å². The van der Waals surface area contributed by atoms with E-state index < -0.39 is 23.5 Å². The number of carboxylic acid groups (broad SMARTS) is 1. The number of rotatable bonds is 8. The van der Waals surface area contributed by atoms with Gasteiger partial charge in [-0.1, -0.05) is 48.5 Å². The Hall–Kier alpha value is -3.39. The number of alkyl carbamates (subject to hydrolysis) is 1. The smallest absolute Gasteiger partial charge is 0.407 e. The van der Waals surface area contributed by atoms with Gasteiger partial charge in [-0.15, -0.1) is 0 Å². The number of carbonyl (C=O) groups is 3. The molecule has 8 nitrogen and oxygen atoms in total. The van der Waals surface area contributed by atoms with Gasteiger partial charge in [-0.2, -0.15) is 0 Å². The van der Waals surface area contributed by atoms with E-state index in [-0.39, 0.29) is 31.4 Å². The summed E-state index contributed by atoms with van der Waals surface area (Å²) in [4.78, 5) is 36.5. The standard InChI is InChI=1S/C26H30N2O6/c1-17(14-23(29)27-16-26(24(30)31)10-12-33-13-11-26)28-25(32)34-15-22-20-8-4-2-6-18(20)19-7-3-5-9-21(19)22/h2-9,17,22H,10-16H2,1H3,(H,27,29)(H,28,32)(H,30,31)/t17-/m0/s1. The summed E-state index contributed by atoms with van der Waals surface area (Å²) in [6, 6.07) is 15.7. The molecule has 3 N–H and O–H groups in total. The number of carbonyl (C=O) groups excluding carboxylic acids is 2. The molecule has 0 spiro atoms. The van der Waals surface area contributed by atoms with Crippen LogP contribution < -0.4 is 10.6 Å². The first-order valence-electron chi connectivity index (χ1n) is 11.6. The maximum absolute atomic E-state index is 12.4. The summed E-state index contributed by atoms with van der Waals surface area (Å²) in [6.07, 6.45) is 0.150. The summed E-state index contributed by atoms with van der Waals surface area (Å²) in [6.45, 7) is 2.68. The van der Waals surface area contributed by atoms with Gasteiger partial charge in [0.2, 0.25) is 5.91 Å². The predicted octanol–water partition coefficient (Wildman–Crippen LogP) is 3.30. The molecular formula is C26H30N2O6. The van der Waals surface area contributed by atoms with Crippen LogP contribution in [0, 0.1) is 5.41 Å². The minimum absolute atomic E-state index is 0.0242. The number of carboxylic acids is 1. The Labute approximate surface area is 198 Å². The maximum atomic E-state index is 12.4. The summed E-state index contributed by atoms with van der Waals surface area (Å²) in [5.41, 5.74) is 3.56. The highest BCUT2D eigenvalue weighted by molar-refractivity contribution is 5.81. The molecular weight excluding hydrogens is 436 g/mol. The van der Waals surface area contributed by atoms with Gasteiger partial charge in [0.25, 0.3) is 0 Å². The quantitative estimate of drug-likeness (QED) is 0.550. The van der Waals surface area contributed by atoms with Gasteiger partial charge < -0.3 is 25.2 Å². The van der Waals surface area contributed by atoms with Crippen molar-refractivity contribution in [1.29, 1.82) is 0 Å². The first-order chi connectivity index (χ1) is 16.4. The zero-order chi connectivity index (χ0) is 24.1. The lowest BCUT2D eigenvalue weighted by atomic mass is 9.80. The Morgan fingerprint density at radius 2 is 1.65 bits per heavy atom. The van der Waals surface area contributed by atoms with E-state index >= 15 is 0 Å². The van der Waals surface area contributed by atoms with Gasteiger partial charge in [-0.25, -0.2) is 4.79 Å². The van der Waals surface area contributed by atoms with E-state index in [1.807, 2.05) is 24.3 Å². The van der Waals surface area contributed by atoms with Crippen molar-refractivity contribution in [1.82, 2.24) is 10.6 Å². The lowest BCUT2D eigenvalue weighted by Crippen LogP contribution is -2.47. The zero-order valence-electron chi connectivity index (χ0n) is 19.2. The number of benzene rings is 2. The van der Waals surface area contributed by atoms with Crippen LogP contribution in [-0.4, -0.2) is 55.5 Å². The molecule has 1 saturated heterocycles. The summed E-state index contributed by atoms with van der Waals surface area (Å²) in [7, 11) is 0. The van der Waals surface area contributed by atoms with Crippen LogP contribution in [-0.2, 0) is 19.1 Å². The van der Waals surface area contributed by atoms with Crippen molar-refractivity contribution in [3.8, 4) is 11.1 Å². The van der Waals surface area contributed by atoms with Crippen LogP contribution in [0.1, 0.15) is 43.2 Å². The molecule has 0 saturated carbocycles. The molecule has 0 bridgehead atoms. The fourth-order valence-corrected chi connectivity index (χ4v) is 4.74. The summed E-state index contributed by atoms with van der Waals surface area (Å²) in [5, 5.41) is 15.0. The Balaban J connectivity index is 1.26. The molecule has 1 fully saturated rings. The minimum atomic E-state index is -1.00. The van der Waals surface area contributed by atoms with E-state index in [0.29, 0.717) is 26.1 Å². The van der Waals surface area contributed by atoms with Crippen LogP contribution in [0.5, 0.6) is 0 Å². The second-order valence-electron chi connectivity index (χ2n) is 9.05. The molecule has 2 aliphatic rings. The van der Waals surface area contributed by atoms with Crippen molar-refractivity contribution in [2.75, 3.05) is 26.4 Å². The van der Waals surface area contributed by atoms with Crippen molar-refractivity contribution in [2.24, 2.45) is 5.41 Å². The fourth-order valence-electron chi connectivity index (χ4n) is 4.74. The Bertz CT molecular complexity index is 1020. The number of hydrogen-bond acceptors (Lipinski definition) is 5. The first-order valence-corrected chi connectivity index (χ1v) is 11.6. The largest absolute Gasteiger partial charge is 0.481 e. The summed E-state index contributed by atoms with van der Waals surface area (Å²) >= 11 is 0. The van der Waals surface area contributed by atoms with Gasteiger partial charge in [0.1, 0.15) is 6.61 Å². The molecule has 0 unspecified atom stereocenters. The number of fused-ring (bicyclic) bond motifs is 3. The normalized spacial score (nSPS) is 17.2. The van der Waals surface area contributed by atoms with Crippen molar-refractivity contribution in [3.63, 3.8) is 0 Å².